The van der Waals surface area contributed by atoms with Gasteiger partial charge < -0.3 is 5.11 Å². The molecule has 0 bridgehead atoms. The van der Waals surface area contributed by atoms with E-state index in [1.807, 2.05) is 30.3 Å². The van der Waals surface area contributed by atoms with Crippen LogP contribution in [0, 0.1) is 0 Å². The molecular weight excluding hydrogens is 208 g/mol. The van der Waals surface area contributed by atoms with E-state index < -0.39 is 10.8 Å². The Kier molecular flexibility index (Phi) is 5.05. The molecule has 80 valence electrons. The lowest BCUT2D eigenvalue weighted by molar-refractivity contribution is 0.290. The van der Waals surface area contributed by atoms with Crippen LogP contribution in [0.2, 0.25) is 0 Å². The number of hydrogen-bond donors (Lipinski definition) is 1. The van der Waals surface area contributed by atoms with E-state index in [0.717, 1.165) is 4.90 Å². The number of benzene rings is 1. The van der Waals surface area contributed by atoms with E-state index in [9.17, 15) is 4.21 Å². The summed E-state index contributed by atoms with van der Waals surface area (Å²) in [6.07, 6.45) is 2.11. The average molecular weight is 222 g/mol. The van der Waals surface area contributed by atoms with Gasteiger partial charge in [-0.25, -0.2) is 0 Å². The Labute approximate surface area is 92.4 Å². The van der Waals surface area contributed by atoms with E-state index in [4.69, 9.17) is 5.11 Å². The van der Waals surface area contributed by atoms with Crippen molar-refractivity contribution in [2.75, 3.05) is 6.61 Å². The second-order valence-electron chi connectivity index (χ2n) is 3.03. The second-order valence-corrected chi connectivity index (χ2v) is 4.70. The minimum Gasteiger partial charge on any atom is -0.396 e. The first-order valence-corrected chi connectivity index (χ1v) is 5.93. The van der Waals surface area contributed by atoms with E-state index >= 15 is 0 Å². The largest absolute Gasteiger partial charge is 0.396 e. The van der Waals surface area contributed by atoms with Crippen LogP contribution in [0.4, 0.5) is 0 Å². The van der Waals surface area contributed by atoms with Gasteiger partial charge in [-0.1, -0.05) is 24.8 Å². The van der Waals surface area contributed by atoms with Crippen molar-refractivity contribution in [1.29, 1.82) is 0 Å². The summed E-state index contributed by atoms with van der Waals surface area (Å²) in [6.45, 7) is 3.48. The molecule has 2 nitrogen and oxygen atoms in total. The third-order valence-electron chi connectivity index (χ3n) is 1.97. The maximum absolute atomic E-state index is 12.0. The summed E-state index contributed by atoms with van der Waals surface area (Å²) in [6, 6.07) is 9.21. The molecule has 0 saturated heterocycles. The van der Waals surface area contributed by atoms with Gasteiger partial charge in [0.1, 0.15) is 0 Å². The summed E-state index contributed by atoms with van der Waals surface area (Å²) in [4.78, 5) is 0.766. The Balaban J connectivity index is 2.85. The molecule has 0 spiro atoms. The maximum Gasteiger partial charge on any atom is 0.0669 e. The van der Waals surface area contributed by atoms with Crippen LogP contribution < -0.4 is 0 Å². The minimum atomic E-state index is -1.14. The third-order valence-corrected chi connectivity index (χ3v) is 3.63. The average Bonchev–Trinajstić information content (AvgIpc) is 2.29. The van der Waals surface area contributed by atoms with Crippen molar-refractivity contribution in [2.45, 2.75) is 16.6 Å². The molecule has 0 aliphatic carbocycles. The van der Waals surface area contributed by atoms with Crippen LogP contribution in [0.15, 0.2) is 53.6 Å². The number of rotatable bonds is 5. The van der Waals surface area contributed by atoms with E-state index in [0.29, 0.717) is 6.42 Å². The highest BCUT2D eigenvalue weighted by atomic mass is 32.2. The molecule has 1 aromatic carbocycles. The molecule has 0 amide bonds. The van der Waals surface area contributed by atoms with E-state index in [1.54, 1.807) is 6.08 Å². The molecule has 0 saturated carbocycles. The third kappa shape index (κ3) is 3.48. The van der Waals surface area contributed by atoms with Gasteiger partial charge in [0, 0.05) is 11.5 Å². The lowest BCUT2D eigenvalue weighted by Crippen LogP contribution is -2.14. The fraction of sp³-hybridized carbons (Fsp3) is 0.250. The second kappa shape index (κ2) is 6.36. The number of aliphatic hydroxyl groups excluding tert-OH is 1. The SMILES string of the molecule is C=C=CC(CCO)S(=O)c1ccccc1. The van der Waals surface area contributed by atoms with Crippen LogP contribution >= 0.6 is 0 Å². The standard InChI is InChI=1S/C12H14O2S/c1-2-6-11(9-10-13)15(14)12-7-4-3-5-8-12/h3-8,11,13H,1,9-10H2. The number of hydrogen-bond acceptors (Lipinski definition) is 2. The van der Waals surface area contributed by atoms with Gasteiger partial charge in [0.25, 0.3) is 0 Å². The quantitative estimate of drug-likeness (QED) is 0.772. The van der Waals surface area contributed by atoms with Crippen molar-refractivity contribution in [3.8, 4) is 0 Å². The van der Waals surface area contributed by atoms with Crippen LogP contribution in [0.25, 0.3) is 0 Å². The Hall–Kier alpha value is -1.15. The molecule has 2 atom stereocenters. The van der Waals surface area contributed by atoms with E-state index in [-0.39, 0.29) is 11.9 Å². The van der Waals surface area contributed by atoms with Crippen LogP contribution in [0.3, 0.4) is 0 Å². The van der Waals surface area contributed by atoms with Crippen molar-refractivity contribution in [1.82, 2.24) is 0 Å². The highest BCUT2D eigenvalue weighted by Crippen LogP contribution is 2.14. The smallest absolute Gasteiger partial charge is 0.0669 e. The highest BCUT2D eigenvalue weighted by Gasteiger charge is 2.14. The summed E-state index contributed by atoms with van der Waals surface area (Å²) in [5.41, 5.74) is 2.62. The lowest BCUT2D eigenvalue weighted by Gasteiger charge is -2.09. The molecule has 0 radical (unpaired) electrons. The predicted octanol–water partition coefficient (Wildman–Crippen LogP) is 1.89. The fourth-order valence-electron chi connectivity index (χ4n) is 1.24. The minimum absolute atomic E-state index is 0.0153. The zero-order chi connectivity index (χ0) is 11.1. The number of aliphatic hydroxyl groups is 1. The van der Waals surface area contributed by atoms with Gasteiger partial charge in [-0.05, 0) is 24.6 Å². The Morgan fingerprint density at radius 2 is 2.13 bits per heavy atom. The molecule has 1 N–H and O–H groups in total. The van der Waals surface area contributed by atoms with Crippen molar-refractivity contribution < 1.29 is 9.32 Å². The summed E-state index contributed by atoms with van der Waals surface area (Å²) >= 11 is 0. The molecule has 0 heterocycles. The first-order chi connectivity index (χ1) is 7.29. The van der Waals surface area contributed by atoms with Crippen molar-refractivity contribution >= 4 is 10.8 Å². The van der Waals surface area contributed by atoms with Gasteiger partial charge in [0.15, 0.2) is 0 Å². The van der Waals surface area contributed by atoms with Gasteiger partial charge in [-0.2, -0.15) is 0 Å². The van der Waals surface area contributed by atoms with Crippen molar-refractivity contribution in [2.24, 2.45) is 0 Å². The van der Waals surface area contributed by atoms with Crippen LogP contribution in [-0.4, -0.2) is 21.2 Å². The first-order valence-electron chi connectivity index (χ1n) is 4.72. The maximum atomic E-state index is 12.0. The van der Waals surface area contributed by atoms with Gasteiger partial charge in [-0.15, -0.1) is 5.73 Å². The molecule has 0 aliphatic heterocycles. The summed E-state index contributed by atoms with van der Waals surface area (Å²) in [7, 11) is -1.14. The fourth-order valence-corrected chi connectivity index (χ4v) is 2.55. The zero-order valence-corrected chi connectivity index (χ0v) is 9.24. The molecule has 0 aromatic heterocycles. The van der Waals surface area contributed by atoms with Gasteiger partial charge in [0.2, 0.25) is 0 Å². The summed E-state index contributed by atoms with van der Waals surface area (Å²) in [5.74, 6) is 0. The van der Waals surface area contributed by atoms with E-state index in [1.165, 1.54) is 0 Å². The summed E-state index contributed by atoms with van der Waals surface area (Å²) < 4.78 is 12.0. The molecule has 0 aliphatic rings. The van der Waals surface area contributed by atoms with Gasteiger partial charge >= 0.3 is 0 Å². The van der Waals surface area contributed by atoms with Crippen molar-refractivity contribution in [3.63, 3.8) is 0 Å². The van der Waals surface area contributed by atoms with Crippen molar-refractivity contribution in [3.05, 3.63) is 48.7 Å². The predicted molar refractivity (Wildman–Crippen MR) is 62.1 cm³/mol. The Morgan fingerprint density at radius 1 is 1.47 bits per heavy atom. The molecule has 15 heavy (non-hydrogen) atoms. The van der Waals surface area contributed by atoms with Crippen LogP contribution in [-0.2, 0) is 10.8 Å². The molecular formula is C12H14O2S. The molecule has 0 fully saturated rings. The van der Waals surface area contributed by atoms with Crippen LogP contribution in [0.5, 0.6) is 0 Å². The molecule has 1 aromatic rings. The van der Waals surface area contributed by atoms with Crippen LogP contribution in [0.1, 0.15) is 6.42 Å². The summed E-state index contributed by atoms with van der Waals surface area (Å²) in [5, 5.41) is 8.64. The Morgan fingerprint density at radius 3 is 2.67 bits per heavy atom. The monoisotopic (exact) mass is 222 g/mol. The zero-order valence-electron chi connectivity index (χ0n) is 8.43. The highest BCUT2D eigenvalue weighted by molar-refractivity contribution is 7.85. The van der Waals surface area contributed by atoms with E-state index in [2.05, 4.69) is 12.3 Å². The first kappa shape index (κ1) is 11.9. The van der Waals surface area contributed by atoms with Gasteiger partial charge in [-0.3, -0.25) is 4.21 Å². The lowest BCUT2D eigenvalue weighted by atomic mass is 10.3. The molecule has 3 heteroatoms. The molecule has 1 rings (SSSR count). The molecule has 2 unspecified atom stereocenters. The topological polar surface area (TPSA) is 37.3 Å². The Bertz CT molecular complexity index is 366. The normalized spacial score (nSPS) is 13.9. The van der Waals surface area contributed by atoms with Gasteiger partial charge in [0.05, 0.1) is 16.0 Å².